The molecule has 0 bridgehead atoms. The number of furan rings is 2. The van der Waals surface area contributed by atoms with E-state index in [1.165, 1.54) is 24.3 Å². The highest BCUT2D eigenvalue weighted by atomic mass is 16.3. The van der Waals surface area contributed by atoms with Crippen LogP contribution >= 0.6 is 0 Å². The number of amides is 1. The molecule has 7 nitrogen and oxygen atoms in total. The first-order valence-corrected chi connectivity index (χ1v) is 10.8. The van der Waals surface area contributed by atoms with Crippen LogP contribution in [0.3, 0.4) is 0 Å². The van der Waals surface area contributed by atoms with Crippen LogP contribution in [0.4, 0.5) is 11.4 Å². The van der Waals surface area contributed by atoms with Crippen LogP contribution < -0.4 is 10.2 Å². The Morgan fingerprint density at radius 1 is 1.00 bits per heavy atom. The topological polar surface area (TPSA) is 74.2 Å². The predicted octanol–water partition coefficient (Wildman–Crippen LogP) is 4.65. The van der Waals surface area contributed by atoms with Gasteiger partial charge < -0.3 is 19.1 Å². The van der Waals surface area contributed by atoms with Gasteiger partial charge in [-0.15, -0.1) is 0 Å². The second-order valence-corrected chi connectivity index (χ2v) is 7.92. The molecular formula is C24H26N4O3. The van der Waals surface area contributed by atoms with Crippen molar-refractivity contribution in [1.29, 1.82) is 0 Å². The summed E-state index contributed by atoms with van der Waals surface area (Å²) in [4.78, 5) is 15.6. The molecule has 160 valence electrons. The second kappa shape index (κ2) is 8.71. The molecule has 0 saturated carbocycles. The zero-order valence-electron chi connectivity index (χ0n) is 17.4. The largest absolute Gasteiger partial charge is 0.467 e. The quantitative estimate of drug-likeness (QED) is 0.631. The molecule has 2 aliphatic rings. The van der Waals surface area contributed by atoms with Crippen LogP contribution in [0.1, 0.15) is 43.2 Å². The number of benzene rings is 1. The van der Waals surface area contributed by atoms with Crippen molar-refractivity contribution in [2.24, 2.45) is 5.10 Å². The molecule has 7 heteroatoms. The molecule has 5 rings (SSSR count). The second-order valence-electron chi connectivity index (χ2n) is 7.92. The average Bonchev–Trinajstić information content (AvgIpc) is 3.59. The van der Waals surface area contributed by atoms with Crippen molar-refractivity contribution < 1.29 is 13.6 Å². The standard InChI is InChI=1S/C24H26N4O3/c29-24(17-25-18-8-2-3-9-20(18)27-12-4-1-5-13-27)28-21(23-11-7-15-31-23)16-19(26-28)22-10-6-14-30-22/h2-3,6-11,14-15,21,25H,1,4-5,12-13,16-17H2. The zero-order valence-corrected chi connectivity index (χ0v) is 17.4. The molecule has 0 spiro atoms. The lowest BCUT2D eigenvalue weighted by atomic mass is 10.1. The van der Waals surface area contributed by atoms with E-state index in [1.54, 1.807) is 12.5 Å². The summed E-state index contributed by atoms with van der Waals surface area (Å²) < 4.78 is 11.1. The molecule has 2 aliphatic heterocycles. The number of anilines is 2. The fraction of sp³-hybridized carbons (Fsp3) is 0.333. The van der Waals surface area contributed by atoms with Crippen molar-refractivity contribution in [3.63, 3.8) is 0 Å². The van der Waals surface area contributed by atoms with E-state index in [0.717, 1.165) is 30.2 Å². The molecule has 1 unspecified atom stereocenters. The van der Waals surface area contributed by atoms with Crippen molar-refractivity contribution in [2.45, 2.75) is 31.7 Å². The van der Waals surface area contributed by atoms with Gasteiger partial charge in [0.15, 0.2) is 0 Å². The third kappa shape index (κ3) is 4.08. The number of hydrazone groups is 1. The van der Waals surface area contributed by atoms with E-state index < -0.39 is 0 Å². The summed E-state index contributed by atoms with van der Waals surface area (Å²) in [6.07, 6.45) is 7.48. The first kappa shape index (κ1) is 19.5. The Balaban J connectivity index is 1.33. The van der Waals surface area contributed by atoms with Gasteiger partial charge in [-0.25, -0.2) is 5.01 Å². The Hall–Kier alpha value is -3.48. The van der Waals surface area contributed by atoms with Crippen LogP contribution in [-0.2, 0) is 4.79 Å². The maximum absolute atomic E-state index is 13.2. The minimum atomic E-state index is -0.276. The van der Waals surface area contributed by atoms with Gasteiger partial charge in [-0.1, -0.05) is 12.1 Å². The van der Waals surface area contributed by atoms with Gasteiger partial charge in [0, 0.05) is 19.5 Å². The molecule has 2 aromatic heterocycles. The molecule has 1 fully saturated rings. The highest BCUT2D eigenvalue weighted by molar-refractivity contribution is 6.01. The lowest BCUT2D eigenvalue weighted by molar-refractivity contribution is -0.131. The van der Waals surface area contributed by atoms with Crippen LogP contribution in [0.25, 0.3) is 0 Å². The van der Waals surface area contributed by atoms with Gasteiger partial charge in [0.25, 0.3) is 5.91 Å². The Morgan fingerprint density at radius 3 is 2.58 bits per heavy atom. The first-order valence-electron chi connectivity index (χ1n) is 10.8. The third-order valence-corrected chi connectivity index (χ3v) is 5.87. The number of rotatable bonds is 6. The fourth-order valence-corrected chi connectivity index (χ4v) is 4.32. The average molecular weight is 418 g/mol. The number of para-hydroxylation sites is 2. The highest BCUT2D eigenvalue weighted by Gasteiger charge is 2.35. The zero-order chi connectivity index (χ0) is 21.0. The molecule has 0 aliphatic carbocycles. The predicted molar refractivity (Wildman–Crippen MR) is 119 cm³/mol. The lowest BCUT2D eigenvalue weighted by Gasteiger charge is -2.30. The third-order valence-electron chi connectivity index (χ3n) is 5.87. The fourth-order valence-electron chi connectivity index (χ4n) is 4.32. The molecule has 3 aromatic rings. The van der Waals surface area contributed by atoms with E-state index in [-0.39, 0.29) is 18.5 Å². The first-order chi connectivity index (χ1) is 15.3. The molecule has 1 N–H and O–H groups in total. The number of nitrogens with one attached hydrogen (secondary N) is 1. The number of piperidine rings is 1. The highest BCUT2D eigenvalue weighted by Crippen LogP contribution is 2.33. The van der Waals surface area contributed by atoms with Crippen LogP contribution in [0, 0.1) is 0 Å². The van der Waals surface area contributed by atoms with Gasteiger partial charge >= 0.3 is 0 Å². The van der Waals surface area contributed by atoms with Crippen molar-refractivity contribution in [3.8, 4) is 0 Å². The van der Waals surface area contributed by atoms with Crippen molar-refractivity contribution >= 4 is 23.0 Å². The lowest BCUT2D eigenvalue weighted by Crippen LogP contribution is -2.33. The van der Waals surface area contributed by atoms with E-state index in [2.05, 4.69) is 21.4 Å². The summed E-state index contributed by atoms with van der Waals surface area (Å²) in [7, 11) is 0. The van der Waals surface area contributed by atoms with E-state index >= 15 is 0 Å². The molecule has 1 atom stereocenters. The Labute approximate surface area is 181 Å². The van der Waals surface area contributed by atoms with Gasteiger partial charge in [0.2, 0.25) is 0 Å². The summed E-state index contributed by atoms with van der Waals surface area (Å²) >= 11 is 0. The molecule has 0 radical (unpaired) electrons. The normalized spacial score (nSPS) is 18.8. The minimum Gasteiger partial charge on any atom is -0.467 e. The Kier molecular flexibility index (Phi) is 5.48. The minimum absolute atomic E-state index is 0.114. The van der Waals surface area contributed by atoms with Gasteiger partial charge in [-0.3, -0.25) is 4.79 Å². The molecule has 31 heavy (non-hydrogen) atoms. The number of hydrogen-bond acceptors (Lipinski definition) is 6. The molecule has 1 saturated heterocycles. The van der Waals surface area contributed by atoms with Gasteiger partial charge in [0.05, 0.1) is 30.4 Å². The van der Waals surface area contributed by atoms with Gasteiger partial charge in [0.1, 0.15) is 23.3 Å². The smallest absolute Gasteiger partial charge is 0.262 e. The van der Waals surface area contributed by atoms with E-state index in [9.17, 15) is 4.79 Å². The summed E-state index contributed by atoms with van der Waals surface area (Å²) in [5.41, 5.74) is 2.87. The molecule has 1 amide bonds. The summed E-state index contributed by atoms with van der Waals surface area (Å²) in [6.45, 7) is 2.25. The number of hydrogen-bond donors (Lipinski definition) is 1. The maximum Gasteiger partial charge on any atom is 0.262 e. The molecule has 4 heterocycles. The van der Waals surface area contributed by atoms with Crippen LogP contribution in [0.5, 0.6) is 0 Å². The monoisotopic (exact) mass is 418 g/mol. The van der Waals surface area contributed by atoms with Crippen molar-refractivity contribution in [3.05, 3.63) is 72.6 Å². The summed E-state index contributed by atoms with van der Waals surface area (Å²) in [5.74, 6) is 1.28. The van der Waals surface area contributed by atoms with E-state index in [0.29, 0.717) is 17.9 Å². The van der Waals surface area contributed by atoms with Gasteiger partial charge in [-0.05, 0) is 55.7 Å². The number of nitrogens with zero attached hydrogens (tertiary/aromatic N) is 3. The SMILES string of the molecule is O=C(CNc1ccccc1N1CCCCC1)N1N=C(c2ccco2)CC1c1ccco1. The van der Waals surface area contributed by atoms with Crippen molar-refractivity contribution in [2.75, 3.05) is 29.9 Å². The van der Waals surface area contributed by atoms with E-state index in [4.69, 9.17) is 8.83 Å². The summed E-state index contributed by atoms with van der Waals surface area (Å²) in [5, 5.41) is 9.46. The Bertz CT molecular complexity index is 1040. The van der Waals surface area contributed by atoms with Crippen molar-refractivity contribution in [1.82, 2.24) is 5.01 Å². The summed E-state index contributed by atoms with van der Waals surface area (Å²) in [6, 6.07) is 15.3. The number of carbonyl (C=O) groups excluding carboxylic acids is 1. The van der Waals surface area contributed by atoms with Crippen LogP contribution in [0.2, 0.25) is 0 Å². The Morgan fingerprint density at radius 2 is 1.81 bits per heavy atom. The maximum atomic E-state index is 13.2. The molecular weight excluding hydrogens is 392 g/mol. The number of carbonyl (C=O) groups is 1. The molecule has 1 aromatic carbocycles. The van der Waals surface area contributed by atoms with Crippen LogP contribution in [-0.4, -0.2) is 36.3 Å². The van der Waals surface area contributed by atoms with Gasteiger partial charge in [-0.2, -0.15) is 5.10 Å². The van der Waals surface area contributed by atoms with Crippen LogP contribution in [0.15, 0.2) is 75.0 Å². The van der Waals surface area contributed by atoms with E-state index in [1.807, 2.05) is 42.5 Å².